The van der Waals surface area contributed by atoms with Crippen molar-refractivity contribution in [1.29, 1.82) is 0 Å². The minimum atomic E-state index is -0.878. The molecule has 0 aromatic heterocycles. The van der Waals surface area contributed by atoms with Gasteiger partial charge in [0.25, 0.3) is 0 Å². The van der Waals surface area contributed by atoms with Gasteiger partial charge in [-0.1, -0.05) is 25.0 Å². The third-order valence-electron chi connectivity index (χ3n) is 3.76. The van der Waals surface area contributed by atoms with Crippen LogP contribution in [0.3, 0.4) is 0 Å². The minimum absolute atomic E-state index is 0.0195. The molecule has 1 aromatic carbocycles. The number of amides is 1. The van der Waals surface area contributed by atoms with Crippen LogP contribution in [0.1, 0.15) is 37.7 Å². The average Bonchev–Trinajstić information content (AvgIpc) is 2.79. The van der Waals surface area contributed by atoms with Gasteiger partial charge < -0.3 is 15.5 Å². The molecule has 2 rings (SSSR count). The summed E-state index contributed by atoms with van der Waals surface area (Å²) in [6.45, 7) is 0. The van der Waals surface area contributed by atoms with Gasteiger partial charge in [-0.3, -0.25) is 9.59 Å². The van der Waals surface area contributed by atoms with Crippen LogP contribution in [0.4, 0.5) is 0 Å². The Labute approximate surface area is 117 Å². The Morgan fingerprint density at radius 3 is 2.30 bits per heavy atom. The van der Waals surface area contributed by atoms with E-state index in [1.54, 1.807) is 12.1 Å². The summed E-state index contributed by atoms with van der Waals surface area (Å²) in [6.07, 6.45) is 3.52. The first-order chi connectivity index (χ1) is 9.49. The second-order valence-corrected chi connectivity index (χ2v) is 5.45. The van der Waals surface area contributed by atoms with Crippen LogP contribution in [-0.4, -0.2) is 27.6 Å². The van der Waals surface area contributed by atoms with E-state index in [-0.39, 0.29) is 24.5 Å². The number of nitrogens with one attached hydrogen (secondary N) is 1. The molecule has 0 aliphatic heterocycles. The Morgan fingerprint density at radius 2 is 1.75 bits per heavy atom. The number of carboxylic acid groups (broad SMARTS) is 1. The van der Waals surface area contributed by atoms with Crippen LogP contribution in [0.15, 0.2) is 24.3 Å². The standard InChI is InChI=1S/C15H19NO4/c17-12-5-3-11(4-6-12)9-13(18)16-15(10-14(19)20)7-1-2-8-15/h3-6,17H,1-2,7-10H2,(H,16,18)(H,19,20). The maximum atomic E-state index is 12.1. The van der Waals surface area contributed by atoms with Crippen molar-refractivity contribution in [2.24, 2.45) is 0 Å². The third-order valence-corrected chi connectivity index (χ3v) is 3.76. The number of carboxylic acids is 1. The zero-order valence-corrected chi connectivity index (χ0v) is 11.3. The largest absolute Gasteiger partial charge is 0.508 e. The number of benzene rings is 1. The Bertz CT molecular complexity index is 489. The topological polar surface area (TPSA) is 86.6 Å². The molecule has 1 fully saturated rings. The van der Waals surface area contributed by atoms with Crippen molar-refractivity contribution in [3.63, 3.8) is 0 Å². The van der Waals surface area contributed by atoms with Crippen LogP contribution in [-0.2, 0) is 16.0 Å². The van der Waals surface area contributed by atoms with Crippen molar-refractivity contribution in [2.45, 2.75) is 44.1 Å². The number of aliphatic carboxylic acids is 1. The van der Waals surface area contributed by atoms with Gasteiger partial charge in [0.2, 0.25) is 5.91 Å². The smallest absolute Gasteiger partial charge is 0.305 e. The highest BCUT2D eigenvalue weighted by Gasteiger charge is 2.37. The number of rotatable bonds is 5. The molecule has 1 aromatic rings. The molecule has 20 heavy (non-hydrogen) atoms. The predicted molar refractivity (Wildman–Crippen MR) is 73.4 cm³/mol. The van der Waals surface area contributed by atoms with Gasteiger partial charge >= 0.3 is 5.97 Å². The van der Waals surface area contributed by atoms with Crippen molar-refractivity contribution >= 4 is 11.9 Å². The van der Waals surface area contributed by atoms with Gasteiger partial charge in [0, 0.05) is 0 Å². The first kappa shape index (κ1) is 14.4. The number of hydrogen-bond acceptors (Lipinski definition) is 3. The van der Waals surface area contributed by atoms with E-state index in [1.165, 1.54) is 12.1 Å². The molecule has 0 saturated heterocycles. The Kier molecular flexibility index (Phi) is 4.27. The lowest BCUT2D eigenvalue weighted by molar-refractivity contribution is -0.139. The van der Waals surface area contributed by atoms with Crippen LogP contribution in [0.5, 0.6) is 5.75 Å². The quantitative estimate of drug-likeness (QED) is 0.766. The van der Waals surface area contributed by atoms with Crippen LogP contribution >= 0.6 is 0 Å². The summed E-state index contributed by atoms with van der Waals surface area (Å²) >= 11 is 0. The summed E-state index contributed by atoms with van der Waals surface area (Å²) in [7, 11) is 0. The second-order valence-electron chi connectivity index (χ2n) is 5.45. The van der Waals surface area contributed by atoms with Gasteiger partial charge in [-0.25, -0.2) is 0 Å². The average molecular weight is 277 g/mol. The van der Waals surface area contributed by atoms with Crippen molar-refractivity contribution in [1.82, 2.24) is 5.32 Å². The molecule has 0 atom stereocenters. The highest BCUT2D eigenvalue weighted by Crippen LogP contribution is 2.32. The normalized spacial score (nSPS) is 16.8. The van der Waals surface area contributed by atoms with Gasteiger partial charge in [-0.05, 0) is 30.5 Å². The van der Waals surface area contributed by atoms with E-state index in [0.29, 0.717) is 0 Å². The SMILES string of the molecule is O=C(O)CC1(NC(=O)Cc2ccc(O)cc2)CCCC1. The van der Waals surface area contributed by atoms with Crippen LogP contribution in [0.2, 0.25) is 0 Å². The summed E-state index contributed by atoms with van der Waals surface area (Å²) < 4.78 is 0. The van der Waals surface area contributed by atoms with Gasteiger partial charge in [0.05, 0.1) is 18.4 Å². The summed E-state index contributed by atoms with van der Waals surface area (Å²) in [6, 6.07) is 6.44. The molecule has 0 spiro atoms. The van der Waals surface area contributed by atoms with E-state index in [1.807, 2.05) is 0 Å². The molecule has 1 aliphatic rings. The summed E-state index contributed by atoms with van der Waals surface area (Å²) in [5, 5.41) is 21.1. The molecule has 0 radical (unpaired) electrons. The first-order valence-electron chi connectivity index (χ1n) is 6.80. The van der Waals surface area contributed by atoms with Crippen molar-refractivity contribution in [3.8, 4) is 5.75 Å². The number of carbonyl (C=O) groups excluding carboxylic acids is 1. The van der Waals surface area contributed by atoms with E-state index in [4.69, 9.17) is 5.11 Å². The van der Waals surface area contributed by atoms with Crippen molar-refractivity contribution < 1.29 is 19.8 Å². The number of carbonyl (C=O) groups is 2. The summed E-state index contributed by atoms with van der Waals surface area (Å²) in [5.74, 6) is -0.886. The van der Waals surface area contributed by atoms with Crippen molar-refractivity contribution in [2.75, 3.05) is 0 Å². The highest BCUT2D eigenvalue weighted by molar-refractivity contribution is 5.80. The lowest BCUT2D eigenvalue weighted by Gasteiger charge is -2.28. The van der Waals surface area contributed by atoms with E-state index in [2.05, 4.69) is 5.32 Å². The molecule has 1 aliphatic carbocycles. The Hall–Kier alpha value is -2.04. The van der Waals surface area contributed by atoms with Gasteiger partial charge in [0.15, 0.2) is 0 Å². The maximum Gasteiger partial charge on any atom is 0.305 e. The van der Waals surface area contributed by atoms with Gasteiger partial charge in [-0.15, -0.1) is 0 Å². The molecule has 3 N–H and O–H groups in total. The first-order valence-corrected chi connectivity index (χ1v) is 6.80. The molecule has 1 saturated carbocycles. The molecule has 0 unspecified atom stereocenters. The number of phenolic OH excluding ortho intramolecular Hbond substituents is 1. The van der Waals surface area contributed by atoms with Crippen molar-refractivity contribution in [3.05, 3.63) is 29.8 Å². The molecular weight excluding hydrogens is 258 g/mol. The summed E-state index contributed by atoms with van der Waals surface area (Å²) in [4.78, 5) is 23.0. The molecule has 0 heterocycles. The Balaban J connectivity index is 1.98. The third kappa shape index (κ3) is 3.73. The number of aromatic hydroxyl groups is 1. The zero-order chi connectivity index (χ0) is 14.6. The molecule has 5 heteroatoms. The van der Waals surface area contributed by atoms with E-state index in [9.17, 15) is 14.7 Å². The lowest BCUT2D eigenvalue weighted by atomic mass is 9.92. The lowest BCUT2D eigenvalue weighted by Crippen LogP contribution is -2.48. The molecule has 1 amide bonds. The van der Waals surface area contributed by atoms with E-state index >= 15 is 0 Å². The zero-order valence-electron chi connectivity index (χ0n) is 11.3. The number of phenols is 1. The van der Waals surface area contributed by atoms with E-state index in [0.717, 1.165) is 31.2 Å². The van der Waals surface area contributed by atoms with Crippen LogP contribution in [0.25, 0.3) is 0 Å². The van der Waals surface area contributed by atoms with Gasteiger partial charge in [-0.2, -0.15) is 0 Å². The second kappa shape index (κ2) is 5.94. The predicted octanol–water partition coefficient (Wildman–Crippen LogP) is 1.84. The Morgan fingerprint density at radius 1 is 1.15 bits per heavy atom. The fourth-order valence-electron chi connectivity index (χ4n) is 2.83. The molecule has 5 nitrogen and oxygen atoms in total. The minimum Gasteiger partial charge on any atom is -0.508 e. The highest BCUT2D eigenvalue weighted by atomic mass is 16.4. The molecule has 108 valence electrons. The fraction of sp³-hybridized carbons (Fsp3) is 0.467. The summed E-state index contributed by atoms with van der Waals surface area (Å²) in [5.41, 5.74) is 0.212. The maximum absolute atomic E-state index is 12.1. The van der Waals surface area contributed by atoms with E-state index < -0.39 is 11.5 Å². The number of hydrogen-bond donors (Lipinski definition) is 3. The fourth-order valence-corrected chi connectivity index (χ4v) is 2.83. The monoisotopic (exact) mass is 277 g/mol. The molecular formula is C15H19NO4. The van der Waals surface area contributed by atoms with Crippen LogP contribution < -0.4 is 5.32 Å². The van der Waals surface area contributed by atoms with Gasteiger partial charge in [0.1, 0.15) is 5.75 Å². The molecule has 0 bridgehead atoms. The van der Waals surface area contributed by atoms with Crippen LogP contribution in [0, 0.1) is 0 Å².